The Balaban J connectivity index is 1.94. The van der Waals surface area contributed by atoms with Crippen molar-refractivity contribution in [2.24, 2.45) is 0 Å². The van der Waals surface area contributed by atoms with Crippen molar-refractivity contribution >= 4 is 11.9 Å². The van der Waals surface area contributed by atoms with Gasteiger partial charge in [-0.25, -0.2) is 9.18 Å². The summed E-state index contributed by atoms with van der Waals surface area (Å²) < 4.78 is 12.7. The van der Waals surface area contributed by atoms with Crippen LogP contribution in [-0.2, 0) is 0 Å². The topological polar surface area (TPSA) is 61.4 Å². The van der Waals surface area contributed by atoms with Crippen LogP contribution in [0.15, 0.2) is 24.3 Å². The highest BCUT2D eigenvalue weighted by Gasteiger charge is 2.18. The van der Waals surface area contributed by atoms with Crippen molar-refractivity contribution in [3.05, 3.63) is 35.6 Å². The van der Waals surface area contributed by atoms with Crippen molar-refractivity contribution < 1.29 is 14.0 Å². The fourth-order valence-corrected chi connectivity index (χ4v) is 1.72. The molecular weight excluding hydrogens is 237 g/mol. The summed E-state index contributed by atoms with van der Waals surface area (Å²) in [6.45, 7) is 2.58. The molecule has 1 aromatic carbocycles. The van der Waals surface area contributed by atoms with Crippen LogP contribution in [0.25, 0.3) is 0 Å². The zero-order valence-electron chi connectivity index (χ0n) is 9.78. The molecule has 96 valence electrons. The quantitative estimate of drug-likeness (QED) is 0.767. The Morgan fingerprint density at radius 2 is 1.78 bits per heavy atom. The van der Waals surface area contributed by atoms with Crippen LogP contribution in [-0.4, -0.2) is 43.0 Å². The summed E-state index contributed by atoms with van der Waals surface area (Å²) in [5, 5.41) is 5.40. The number of amides is 3. The number of benzene rings is 1. The van der Waals surface area contributed by atoms with E-state index in [9.17, 15) is 14.0 Å². The molecule has 1 aromatic rings. The number of rotatable bonds is 1. The second-order valence-corrected chi connectivity index (χ2v) is 4.00. The third kappa shape index (κ3) is 3.04. The molecule has 0 aliphatic carbocycles. The summed E-state index contributed by atoms with van der Waals surface area (Å²) >= 11 is 0. The Kier molecular flexibility index (Phi) is 3.88. The van der Waals surface area contributed by atoms with Gasteiger partial charge < -0.3 is 10.2 Å². The number of imide groups is 1. The molecule has 2 N–H and O–H groups in total. The zero-order chi connectivity index (χ0) is 13.0. The van der Waals surface area contributed by atoms with Crippen molar-refractivity contribution in [1.82, 2.24) is 15.5 Å². The van der Waals surface area contributed by atoms with E-state index in [0.717, 1.165) is 13.1 Å². The molecule has 0 saturated carbocycles. The van der Waals surface area contributed by atoms with Crippen LogP contribution in [0.3, 0.4) is 0 Å². The number of urea groups is 1. The van der Waals surface area contributed by atoms with Gasteiger partial charge in [0.15, 0.2) is 0 Å². The van der Waals surface area contributed by atoms with E-state index >= 15 is 0 Å². The van der Waals surface area contributed by atoms with Crippen LogP contribution < -0.4 is 10.6 Å². The fourth-order valence-electron chi connectivity index (χ4n) is 1.72. The minimum atomic E-state index is -0.515. The fraction of sp³-hybridized carbons (Fsp3) is 0.333. The molecule has 1 aliphatic heterocycles. The predicted molar refractivity (Wildman–Crippen MR) is 63.7 cm³/mol. The number of hydrogen-bond donors (Lipinski definition) is 2. The number of halogens is 1. The summed E-state index contributed by atoms with van der Waals surface area (Å²) in [6.07, 6.45) is 0. The second kappa shape index (κ2) is 5.59. The van der Waals surface area contributed by atoms with E-state index in [1.54, 1.807) is 4.90 Å². The van der Waals surface area contributed by atoms with Gasteiger partial charge in [-0.3, -0.25) is 10.1 Å². The average Bonchev–Trinajstić information content (AvgIpc) is 2.40. The van der Waals surface area contributed by atoms with Crippen LogP contribution in [0.2, 0.25) is 0 Å². The van der Waals surface area contributed by atoms with Gasteiger partial charge in [-0.15, -0.1) is 0 Å². The molecule has 0 aromatic heterocycles. The summed E-state index contributed by atoms with van der Waals surface area (Å²) in [5.41, 5.74) is 0.264. The lowest BCUT2D eigenvalue weighted by molar-refractivity contribution is 0.0950. The molecule has 0 unspecified atom stereocenters. The van der Waals surface area contributed by atoms with Crippen molar-refractivity contribution in [3.63, 3.8) is 0 Å². The van der Waals surface area contributed by atoms with Gasteiger partial charge in [-0.05, 0) is 24.3 Å². The summed E-state index contributed by atoms with van der Waals surface area (Å²) in [7, 11) is 0. The van der Waals surface area contributed by atoms with Gasteiger partial charge in [0.05, 0.1) is 0 Å². The van der Waals surface area contributed by atoms with Crippen LogP contribution >= 0.6 is 0 Å². The van der Waals surface area contributed by atoms with Gasteiger partial charge in [0.2, 0.25) is 0 Å². The molecule has 0 atom stereocenters. The molecule has 1 aliphatic rings. The molecule has 2 rings (SSSR count). The minimum Gasteiger partial charge on any atom is -0.322 e. The van der Waals surface area contributed by atoms with Crippen molar-refractivity contribution in [2.75, 3.05) is 26.2 Å². The monoisotopic (exact) mass is 251 g/mol. The number of carbonyl (C=O) groups is 2. The van der Waals surface area contributed by atoms with Gasteiger partial charge in [0.1, 0.15) is 5.82 Å². The van der Waals surface area contributed by atoms with E-state index in [2.05, 4.69) is 10.6 Å². The van der Waals surface area contributed by atoms with E-state index in [4.69, 9.17) is 0 Å². The molecule has 0 bridgehead atoms. The molecular formula is C12H14FN3O2. The molecule has 0 spiro atoms. The van der Waals surface area contributed by atoms with Crippen LogP contribution in [0.5, 0.6) is 0 Å². The maximum atomic E-state index is 12.7. The first-order chi connectivity index (χ1) is 8.66. The summed E-state index contributed by atoms with van der Waals surface area (Å²) in [6, 6.07) is 4.64. The molecule has 6 heteroatoms. The number of nitrogens with one attached hydrogen (secondary N) is 2. The van der Waals surface area contributed by atoms with E-state index in [1.165, 1.54) is 24.3 Å². The summed E-state index contributed by atoms with van der Waals surface area (Å²) in [4.78, 5) is 25.0. The van der Waals surface area contributed by atoms with Crippen molar-refractivity contribution in [1.29, 1.82) is 0 Å². The molecule has 1 heterocycles. The third-order valence-corrected chi connectivity index (χ3v) is 2.73. The van der Waals surface area contributed by atoms with Gasteiger partial charge in [-0.1, -0.05) is 0 Å². The first-order valence-corrected chi connectivity index (χ1v) is 5.73. The van der Waals surface area contributed by atoms with Crippen LogP contribution in [0, 0.1) is 5.82 Å². The molecule has 1 fully saturated rings. The third-order valence-electron chi connectivity index (χ3n) is 2.73. The first kappa shape index (κ1) is 12.5. The molecule has 1 saturated heterocycles. The minimum absolute atomic E-state index is 0.264. The lowest BCUT2D eigenvalue weighted by Gasteiger charge is -2.27. The SMILES string of the molecule is O=C(NC(=O)N1CCNCC1)c1ccc(F)cc1. The average molecular weight is 251 g/mol. The lowest BCUT2D eigenvalue weighted by atomic mass is 10.2. The molecule has 18 heavy (non-hydrogen) atoms. The summed E-state index contributed by atoms with van der Waals surface area (Å²) in [5.74, 6) is -0.932. The Bertz CT molecular complexity index is 441. The maximum absolute atomic E-state index is 12.7. The highest BCUT2D eigenvalue weighted by molar-refractivity contribution is 6.04. The predicted octanol–water partition coefficient (Wildman–Crippen LogP) is 0.581. The van der Waals surface area contributed by atoms with Crippen molar-refractivity contribution in [2.45, 2.75) is 0 Å². The van der Waals surface area contributed by atoms with Crippen LogP contribution in [0.4, 0.5) is 9.18 Å². The largest absolute Gasteiger partial charge is 0.324 e. The standard InChI is InChI=1S/C12H14FN3O2/c13-10-3-1-9(2-4-10)11(17)15-12(18)16-7-5-14-6-8-16/h1-4,14H,5-8H2,(H,15,17,18). The zero-order valence-corrected chi connectivity index (χ0v) is 9.78. The Labute approximate surface area is 104 Å². The smallest absolute Gasteiger partial charge is 0.322 e. The Hall–Kier alpha value is -1.95. The highest BCUT2D eigenvalue weighted by atomic mass is 19.1. The van der Waals surface area contributed by atoms with Gasteiger partial charge >= 0.3 is 6.03 Å². The number of carbonyl (C=O) groups excluding carboxylic acids is 2. The van der Waals surface area contributed by atoms with E-state index in [1.807, 2.05) is 0 Å². The van der Waals surface area contributed by atoms with E-state index in [0.29, 0.717) is 13.1 Å². The molecule has 3 amide bonds. The maximum Gasteiger partial charge on any atom is 0.324 e. The Morgan fingerprint density at radius 3 is 2.39 bits per heavy atom. The van der Waals surface area contributed by atoms with Crippen LogP contribution in [0.1, 0.15) is 10.4 Å². The normalized spacial score (nSPS) is 15.3. The molecule has 0 radical (unpaired) electrons. The van der Waals surface area contributed by atoms with E-state index in [-0.39, 0.29) is 5.56 Å². The van der Waals surface area contributed by atoms with Gasteiger partial charge in [0.25, 0.3) is 5.91 Å². The molecule has 5 nitrogen and oxygen atoms in total. The van der Waals surface area contributed by atoms with Gasteiger partial charge in [-0.2, -0.15) is 0 Å². The van der Waals surface area contributed by atoms with E-state index < -0.39 is 17.8 Å². The first-order valence-electron chi connectivity index (χ1n) is 5.73. The Morgan fingerprint density at radius 1 is 1.17 bits per heavy atom. The number of hydrogen-bond acceptors (Lipinski definition) is 3. The number of nitrogens with zero attached hydrogens (tertiary/aromatic N) is 1. The number of piperazine rings is 1. The lowest BCUT2D eigenvalue weighted by Crippen LogP contribution is -2.51. The second-order valence-electron chi connectivity index (χ2n) is 4.00. The highest BCUT2D eigenvalue weighted by Crippen LogP contribution is 2.03. The van der Waals surface area contributed by atoms with Crippen molar-refractivity contribution in [3.8, 4) is 0 Å². The van der Waals surface area contributed by atoms with Gasteiger partial charge in [0, 0.05) is 31.7 Å².